The van der Waals surface area contributed by atoms with E-state index in [9.17, 15) is 9.00 Å². The van der Waals surface area contributed by atoms with Gasteiger partial charge in [-0.2, -0.15) is 0 Å². The molecule has 1 amide bonds. The minimum atomic E-state index is -0.899. The maximum absolute atomic E-state index is 12.3. The molecule has 0 aliphatic heterocycles. The molecule has 5 heteroatoms. The van der Waals surface area contributed by atoms with E-state index in [1.54, 1.807) is 6.26 Å². The van der Waals surface area contributed by atoms with Gasteiger partial charge in [-0.1, -0.05) is 6.92 Å². The van der Waals surface area contributed by atoms with E-state index in [4.69, 9.17) is 5.73 Å². The average Bonchev–Trinajstić information content (AvgIpc) is 2.36. The van der Waals surface area contributed by atoms with Crippen molar-refractivity contribution < 1.29 is 9.00 Å². The van der Waals surface area contributed by atoms with Crippen LogP contribution >= 0.6 is 0 Å². The van der Waals surface area contributed by atoms with Crippen molar-refractivity contribution in [3.8, 4) is 0 Å². The standard InChI is InChI=1S/C13H26N2O2S/c1-10-4-6-13(9-14,7-5-10)12(16)15-8-11(2)18(3)17/h10-11H,4-9,14H2,1-3H3,(H,15,16). The smallest absolute Gasteiger partial charge is 0.227 e. The molecular weight excluding hydrogens is 248 g/mol. The number of hydrogen-bond donors (Lipinski definition) is 2. The van der Waals surface area contributed by atoms with Crippen molar-refractivity contribution in [1.82, 2.24) is 5.32 Å². The lowest BCUT2D eigenvalue weighted by atomic mass is 9.70. The molecule has 0 bridgehead atoms. The van der Waals surface area contributed by atoms with Gasteiger partial charge < -0.3 is 11.1 Å². The molecule has 1 aliphatic rings. The van der Waals surface area contributed by atoms with E-state index in [2.05, 4.69) is 12.2 Å². The first kappa shape index (κ1) is 15.6. The molecule has 2 atom stereocenters. The highest BCUT2D eigenvalue weighted by Gasteiger charge is 2.39. The summed E-state index contributed by atoms with van der Waals surface area (Å²) >= 11 is 0. The van der Waals surface area contributed by atoms with Gasteiger partial charge in [0.15, 0.2) is 0 Å². The van der Waals surface area contributed by atoms with E-state index < -0.39 is 10.8 Å². The van der Waals surface area contributed by atoms with Gasteiger partial charge in [0.25, 0.3) is 0 Å². The SMILES string of the molecule is CC1CCC(CN)(C(=O)NCC(C)S(C)=O)CC1. The molecule has 4 nitrogen and oxygen atoms in total. The lowest BCUT2D eigenvalue weighted by molar-refractivity contribution is -0.132. The summed E-state index contributed by atoms with van der Waals surface area (Å²) in [6, 6.07) is 0. The number of amides is 1. The monoisotopic (exact) mass is 274 g/mol. The number of carbonyl (C=O) groups excluding carboxylic acids is 1. The fraction of sp³-hybridized carbons (Fsp3) is 0.923. The summed E-state index contributed by atoms with van der Waals surface area (Å²) in [7, 11) is -0.899. The van der Waals surface area contributed by atoms with E-state index in [0.29, 0.717) is 19.0 Å². The maximum atomic E-state index is 12.3. The zero-order valence-electron chi connectivity index (χ0n) is 11.7. The lowest BCUT2D eigenvalue weighted by Gasteiger charge is -2.37. The molecule has 0 spiro atoms. The number of carbonyl (C=O) groups is 1. The topological polar surface area (TPSA) is 72.2 Å². The Morgan fingerprint density at radius 2 is 2.06 bits per heavy atom. The Kier molecular flexibility index (Phi) is 5.79. The van der Waals surface area contributed by atoms with E-state index >= 15 is 0 Å². The van der Waals surface area contributed by atoms with Gasteiger partial charge in [0, 0.05) is 35.4 Å². The van der Waals surface area contributed by atoms with Gasteiger partial charge >= 0.3 is 0 Å². The van der Waals surface area contributed by atoms with Crippen LogP contribution in [0.25, 0.3) is 0 Å². The molecule has 1 aliphatic carbocycles. The fourth-order valence-electron chi connectivity index (χ4n) is 2.38. The second kappa shape index (κ2) is 6.66. The van der Waals surface area contributed by atoms with Crippen molar-refractivity contribution in [1.29, 1.82) is 0 Å². The van der Waals surface area contributed by atoms with Crippen LogP contribution in [0.4, 0.5) is 0 Å². The summed E-state index contributed by atoms with van der Waals surface area (Å²) in [4.78, 5) is 12.3. The molecule has 1 saturated carbocycles. The molecule has 0 heterocycles. The molecule has 2 unspecified atom stereocenters. The first-order chi connectivity index (χ1) is 8.41. The Hall–Kier alpha value is -0.420. The highest BCUT2D eigenvalue weighted by atomic mass is 32.2. The van der Waals surface area contributed by atoms with Gasteiger partial charge in [-0.3, -0.25) is 9.00 Å². The molecule has 18 heavy (non-hydrogen) atoms. The van der Waals surface area contributed by atoms with Crippen molar-refractivity contribution >= 4 is 16.7 Å². The summed E-state index contributed by atoms with van der Waals surface area (Å²) in [5, 5.41) is 2.92. The van der Waals surface area contributed by atoms with E-state index in [1.807, 2.05) is 6.92 Å². The Morgan fingerprint density at radius 1 is 1.50 bits per heavy atom. The summed E-state index contributed by atoms with van der Waals surface area (Å²) in [5.41, 5.74) is 5.44. The third-order valence-corrected chi connectivity index (χ3v) is 5.52. The van der Waals surface area contributed by atoms with Crippen LogP contribution in [0, 0.1) is 11.3 Å². The molecule has 0 aromatic carbocycles. The Morgan fingerprint density at radius 3 is 2.50 bits per heavy atom. The Bertz CT molecular complexity index is 312. The summed E-state index contributed by atoms with van der Waals surface area (Å²) < 4.78 is 11.3. The van der Waals surface area contributed by atoms with Crippen molar-refractivity contribution in [2.24, 2.45) is 17.1 Å². The third kappa shape index (κ3) is 3.79. The second-order valence-electron chi connectivity index (χ2n) is 5.69. The van der Waals surface area contributed by atoms with Gasteiger partial charge in [-0.05, 0) is 38.5 Å². The Labute approximate surface area is 113 Å². The van der Waals surface area contributed by atoms with Crippen molar-refractivity contribution in [2.75, 3.05) is 19.3 Å². The quantitative estimate of drug-likeness (QED) is 0.786. The van der Waals surface area contributed by atoms with Crippen molar-refractivity contribution in [2.45, 2.75) is 44.8 Å². The number of hydrogen-bond acceptors (Lipinski definition) is 3. The summed E-state index contributed by atoms with van der Waals surface area (Å²) in [6.07, 6.45) is 5.55. The summed E-state index contributed by atoms with van der Waals surface area (Å²) in [5.74, 6) is 0.744. The first-order valence-corrected chi connectivity index (χ1v) is 8.34. The molecule has 0 radical (unpaired) electrons. The normalized spacial score (nSPS) is 31.7. The van der Waals surface area contributed by atoms with Crippen LogP contribution in [0.2, 0.25) is 0 Å². The van der Waals surface area contributed by atoms with Crippen LogP contribution in [0.1, 0.15) is 39.5 Å². The van der Waals surface area contributed by atoms with Gasteiger partial charge in [-0.25, -0.2) is 0 Å². The Balaban J connectivity index is 2.55. The molecule has 3 N–H and O–H groups in total. The van der Waals surface area contributed by atoms with E-state index in [0.717, 1.165) is 25.7 Å². The molecule has 1 fully saturated rings. The molecule has 1 rings (SSSR count). The number of rotatable bonds is 5. The third-order valence-electron chi connectivity index (χ3n) is 4.22. The van der Waals surface area contributed by atoms with Gasteiger partial charge in [0.1, 0.15) is 0 Å². The molecular formula is C13H26N2O2S. The highest BCUT2D eigenvalue weighted by Crippen LogP contribution is 2.38. The van der Waals surface area contributed by atoms with Crippen LogP contribution in [-0.4, -0.2) is 34.7 Å². The minimum Gasteiger partial charge on any atom is -0.354 e. The molecule has 106 valence electrons. The number of nitrogens with one attached hydrogen (secondary N) is 1. The fourth-order valence-corrected chi connectivity index (χ4v) is 2.70. The first-order valence-electron chi connectivity index (χ1n) is 6.72. The zero-order chi connectivity index (χ0) is 13.8. The second-order valence-corrected chi connectivity index (χ2v) is 7.49. The van der Waals surface area contributed by atoms with E-state index in [1.165, 1.54) is 0 Å². The van der Waals surface area contributed by atoms with Gasteiger partial charge in [0.05, 0.1) is 5.41 Å². The van der Waals surface area contributed by atoms with Crippen LogP contribution in [-0.2, 0) is 15.6 Å². The van der Waals surface area contributed by atoms with Crippen LogP contribution in [0.15, 0.2) is 0 Å². The van der Waals surface area contributed by atoms with E-state index in [-0.39, 0.29) is 16.6 Å². The average molecular weight is 274 g/mol. The zero-order valence-corrected chi connectivity index (χ0v) is 12.5. The molecule has 0 saturated heterocycles. The van der Waals surface area contributed by atoms with Crippen LogP contribution < -0.4 is 11.1 Å². The maximum Gasteiger partial charge on any atom is 0.227 e. The predicted molar refractivity (Wildman–Crippen MR) is 75.7 cm³/mol. The van der Waals surface area contributed by atoms with Crippen molar-refractivity contribution in [3.05, 3.63) is 0 Å². The number of nitrogens with two attached hydrogens (primary N) is 1. The predicted octanol–water partition coefficient (Wildman–Crippen LogP) is 1.02. The lowest BCUT2D eigenvalue weighted by Crippen LogP contribution is -2.49. The van der Waals surface area contributed by atoms with Crippen LogP contribution in [0.5, 0.6) is 0 Å². The van der Waals surface area contributed by atoms with Crippen LogP contribution in [0.3, 0.4) is 0 Å². The van der Waals surface area contributed by atoms with Gasteiger partial charge in [0.2, 0.25) is 5.91 Å². The minimum absolute atomic E-state index is 0.00807. The van der Waals surface area contributed by atoms with Crippen molar-refractivity contribution in [3.63, 3.8) is 0 Å². The molecule has 0 aromatic rings. The molecule has 0 aromatic heterocycles. The highest BCUT2D eigenvalue weighted by molar-refractivity contribution is 7.84. The largest absolute Gasteiger partial charge is 0.354 e. The summed E-state index contributed by atoms with van der Waals surface area (Å²) in [6.45, 7) is 4.99. The van der Waals surface area contributed by atoms with Gasteiger partial charge in [-0.15, -0.1) is 0 Å².